The zero-order valence-corrected chi connectivity index (χ0v) is 19.9. The number of ether oxygens (including phenoxy) is 1. The summed E-state index contributed by atoms with van der Waals surface area (Å²) in [7, 11) is 1.48. The molecule has 0 atom stereocenters. The number of imidazole rings is 1. The molecule has 1 fully saturated rings. The average Bonchev–Trinajstić information content (AvgIpc) is 3.31. The number of hydrogen-bond donors (Lipinski definition) is 0. The quantitative estimate of drug-likeness (QED) is 0.349. The fourth-order valence-corrected chi connectivity index (χ4v) is 4.25. The van der Waals surface area contributed by atoms with Gasteiger partial charge in [0.2, 0.25) is 0 Å². The summed E-state index contributed by atoms with van der Waals surface area (Å²) in [5, 5.41) is 4.42. The van der Waals surface area contributed by atoms with Crippen LogP contribution in [0.4, 0.5) is 17.6 Å². The highest BCUT2D eigenvalue weighted by Gasteiger charge is 2.44. The molecule has 1 aliphatic rings. The van der Waals surface area contributed by atoms with E-state index in [1.54, 1.807) is 26.0 Å². The van der Waals surface area contributed by atoms with Gasteiger partial charge in [0.15, 0.2) is 5.82 Å². The first-order valence-electron chi connectivity index (χ1n) is 11.0. The van der Waals surface area contributed by atoms with Gasteiger partial charge in [0.25, 0.3) is 5.92 Å². The lowest BCUT2D eigenvalue weighted by atomic mass is 10.0. The first-order valence-corrected chi connectivity index (χ1v) is 11.0. The predicted molar refractivity (Wildman–Crippen MR) is 121 cm³/mol. The van der Waals surface area contributed by atoms with Crippen LogP contribution >= 0.6 is 0 Å². The summed E-state index contributed by atoms with van der Waals surface area (Å²) in [6.07, 6.45) is 1.43. The van der Waals surface area contributed by atoms with Crippen molar-refractivity contribution in [2.75, 3.05) is 20.2 Å². The smallest absolute Gasteiger partial charge is 0.405 e. The zero-order valence-electron chi connectivity index (χ0n) is 19.9. The van der Waals surface area contributed by atoms with Gasteiger partial charge in [-0.1, -0.05) is 19.0 Å². The van der Waals surface area contributed by atoms with Gasteiger partial charge in [0.1, 0.15) is 22.5 Å². The molecule has 1 aromatic carbocycles. The third-order valence-corrected chi connectivity index (χ3v) is 5.59. The minimum atomic E-state index is -3.15. The van der Waals surface area contributed by atoms with Gasteiger partial charge < -0.3 is 14.1 Å². The summed E-state index contributed by atoms with van der Waals surface area (Å²) < 4.78 is 64.8. The molecular formula is C23H25F4N5O3. The molecule has 1 aliphatic heterocycles. The molecule has 0 aliphatic carbocycles. The number of halogens is 4. The maximum absolute atomic E-state index is 13.3. The summed E-state index contributed by atoms with van der Waals surface area (Å²) in [6.45, 7) is 3.39. The SMILES string of the molecule is CC.COc1cc2c(cc1-c1c(C)noc1C)ncc1nc(CN3CC(F)(F)C3)n(OC(F)F)c12. The first-order chi connectivity index (χ1) is 16.7. The average molecular weight is 495 g/mol. The van der Waals surface area contributed by atoms with Gasteiger partial charge in [-0.3, -0.25) is 9.88 Å². The van der Waals surface area contributed by atoms with Crippen LogP contribution in [0.5, 0.6) is 5.75 Å². The molecule has 8 nitrogen and oxygen atoms in total. The van der Waals surface area contributed by atoms with Gasteiger partial charge in [-0.05, 0) is 26.0 Å². The second-order valence-electron chi connectivity index (χ2n) is 7.95. The van der Waals surface area contributed by atoms with Crippen LogP contribution in [-0.4, -0.2) is 57.5 Å². The number of likely N-dealkylation sites (tertiary alicyclic amines) is 1. The Balaban J connectivity index is 0.00000141. The van der Waals surface area contributed by atoms with Crippen LogP contribution in [0, 0.1) is 13.8 Å². The van der Waals surface area contributed by atoms with Crippen molar-refractivity contribution in [3.05, 3.63) is 35.6 Å². The van der Waals surface area contributed by atoms with Crippen LogP contribution in [0.1, 0.15) is 31.1 Å². The van der Waals surface area contributed by atoms with Crippen molar-refractivity contribution in [3.8, 4) is 16.9 Å². The van der Waals surface area contributed by atoms with Crippen LogP contribution in [0.25, 0.3) is 33.1 Å². The number of fused-ring (bicyclic) bond motifs is 3. The summed E-state index contributed by atoms with van der Waals surface area (Å²) >= 11 is 0. The van der Waals surface area contributed by atoms with Gasteiger partial charge in [-0.25, -0.2) is 13.8 Å². The lowest BCUT2D eigenvalue weighted by molar-refractivity contribution is -0.146. The Bertz CT molecular complexity index is 1340. The highest BCUT2D eigenvalue weighted by atomic mass is 19.3. The summed E-state index contributed by atoms with van der Waals surface area (Å²) in [5.74, 6) is -1.69. The predicted octanol–water partition coefficient (Wildman–Crippen LogP) is 4.99. The normalized spacial score (nSPS) is 15.3. The molecule has 5 rings (SSSR count). The maximum atomic E-state index is 13.3. The highest BCUT2D eigenvalue weighted by molar-refractivity contribution is 6.04. The molecule has 4 aromatic rings. The third-order valence-electron chi connectivity index (χ3n) is 5.59. The van der Waals surface area contributed by atoms with E-state index in [1.165, 1.54) is 18.2 Å². The van der Waals surface area contributed by atoms with E-state index in [0.29, 0.717) is 33.7 Å². The van der Waals surface area contributed by atoms with Crippen molar-refractivity contribution in [2.24, 2.45) is 0 Å². The second kappa shape index (κ2) is 9.33. The van der Waals surface area contributed by atoms with Gasteiger partial charge in [-0.2, -0.15) is 13.5 Å². The lowest BCUT2D eigenvalue weighted by Gasteiger charge is -2.38. The van der Waals surface area contributed by atoms with Gasteiger partial charge >= 0.3 is 6.61 Å². The number of alkyl halides is 4. The topological polar surface area (TPSA) is 78.4 Å². The maximum Gasteiger partial charge on any atom is 0.405 e. The Hall–Kier alpha value is -3.41. The van der Waals surface area contributed by atoms with Crippen LogP contribution in [0.3, 0.4) is 0 Å². The molecule has 1 saturated heterocycles. The van der Waals surface area contributed by atoms with Crippen molar-refractivity contribution in [1.29, 1.82) is 0 Å². The molecule has 0 amide bonds. The summed E-state index contributed by atoms with van der Waals surface area (Å²) in [6, 6.07) is 3.40. The molecule has 4 heterocycles. The van der Waals surface area contributed by atoms with Gasteiger partial charge in [0.05, 0.1) is 49.7 Å². The standard InChI is InChI=1S/C21H19F4N5O3.C2H6/c1-10-18(11(2)32-28-10)13-4-14-12(5-16(13)31-3)19-15(6-26-14)27-17(30(19)33-20(22)23)7-29-8-21(24,25)9-29;1-2/h4-6,20H,7-9H2,1-3H3;1-2H3. The number of rotatable bonds is 6. The number of methoxy groups -OCH3 is 1. The lowest BCUT2D eigenvalue weighted by Crippen LogP contribution is -2.55. The van der Waals surface area contributed by atoms with Crippen molar-refractivity contribution < 1.29 is 31.7 Å². The second-order valence-corrected chi connectivity index (χ2v) is 7.95. The molecule has 0 unspecified atom stereocenters. The van der Waals surface area contributed by atoms with E-state index in [0.717, 1.165) is 10.3 Å². The van der Waals surface area contributed by atoms with Crippen LogP contribution in [0.15, 0.2) is 22.9 Å². The fraction of sp³-hybridized carbons (Fsp3) is 0.435. The van der Waals surface area contributed by atoms with Crippen molar-refractivity contribution in [2.45, 2.75) is 46.8 Å². The Morgan fingerprint density at radius 3 is 2.43 bits per heavy atom. The Labute approximate surface area is 198 Å². The van der Waals surface area contributed by atoms with Crippen molar-refractivity contribution in [3.63, 3.8) is 0 Å². The van der Waals surface area contributed by atoms with E-state index in [4.69, 9.17) is 14.1 Å². The first kappa shape index (κ1) is 24.7. The van der Waals surface area contributed by atoms with Crippen LogP contribution < -0.4 is 9.57 Å². The molecular weight excluding hydrogens is 470 g/mol. The highest BCUT2D eigenvalue weighted by Crippen LogP contribution is 2.39. The molecule has 0 spiro atoms. The number of aromatic nitrogens is 4. The van der Waals surface area contributed by atoms with Gasteiger partial charge in [0, 0.05) is 10.9 Å². The van der Waals surface area contributed by atoms with Crippen LogP contribution in [0.2, 0.25) is 0 Å². The molecule has 0 N–H and O–H groups in total. The number of nitrogens with zero attached hydrogens (tertiary/aromatic N) is 5. The zero-order chi connectivity index (χ0) is 25.5. The summed E-state index contributed by atoms with van der Waals surface area (Å²) in [5.41, 5.74) is 3.08. The Morgan fingerprint density at radius 2 is 1.86 bits per heavy atom. The van der Waals surface area contributed by atoms with E-state index in [9.17, 15) is 17.6 Å². The van der Waals surface area contributed by atoms with Gasteiger partial charge in [-0.15, -0.1) is 0 Å². The number of pyridine rings is 1. The minimum absolute atomic E-state index is 0.0730. The van der Waals surface area contributed by atoms with Crippen molar-refractivity contribution in [1.82, 2.24) is 24.8 Å². The molecule has 35 heavy (non-hydrogen) atoms. The Morgan fingerprint density at radius 1 is 1.14 bits per heavy atom. The van der Waals surface area contributed by atoms with E-state index >= 15 is 0 Å². The van der Waals surface area contributed by atoms with E-state index in [2.05, 4.69) is 15.1 Å². The molecule has 0 bridgehead atoms. The molecule has 188 valence electrons. The third kappa shape index (κ3) is 4.49. The van der Waals surface area contributed by atoms with E-state index in [1.807, 2.05) is 13.8 Å². The number of benzene rings is 1. The molecule has 12 heteroatoms. The Kier molecular flexibility index (Phi) is 6.58. The fourth-order valence-electron chi connectivity index (χ4n) is 4.25. The molecule has 0 radical (unpaired) electrons. The minimum Gasteiger partial charge on any atom is -0.496 e. The number of hydrogen-bond acceptors (Lipinski definition) is 7. The summed E-state index contributed by atoms with van der Waals surface area (Å²) in [4.78, 5) is 14.9. The molecule has 0 saturated carbocycles. The van der Waals surface area contributed by atoms with E-state index < -0.39 is 25.6 Å². The van der Waals surface area contributed by atoms with E-state index in [-0.39, 0.29) is 23.4 Å². The molecule has 3 aromatic heterocycles. The largest absolute Gasteiger partial charge is 0.496 e. The van der Waals surface area contributed by atoms with Crippen molar-refractivity contribution >= 4 is 21.9 Å². The number of aryl methyl sites for hydroxylation is 2. The van der Waals surface area contributed by atoms with Crippen LogP contribution in [-0.2, 0) is 6.54 Å². The monoisotopic (exact) mass is 495 g/mol.